The number of hydrogen-bond acceptors (Lipinski definition) is 10. The van der Waals surface area contributed by atoms with E-state index in [1.165, 1.54) is 6.20 Å². The van der Waals surface area contributed by atoms with E-state index < -0.39 is 23.3 Å². The van der Waals surface area contributed by atoms with Gasteiger partial charge >= 0.3 is 12.1 Å². The molecular weight excluding hydrogens is 480 g/mol. The van der Waals surface area contributed by atoms with Crippen molar-refractivity contribution in [2.24, 2.45) is 0 Å². The SMILES string of the molecule is CCOC(=O)c1oc2cnccc2c1Nc1ccc2c(N(OC(C)(C)C)C(=O)OC(C)(C)C)noc2c1. The quantitative estimate of drug-likeness (QED) is 0.231. The Labute approximate surface area is 213 Å². The van der Waals surface area contributed by atoms with E-state index in [-0.39, 0.29) is 18.2 Å². The molecule has 11 nitrogen and oxygen atoms in total. The molecule has 0 spiro atoms. The van der Waals surface area contributed by atoms with E-state index >= 15 is 0 Å². The van der Waals surface area contributed by atoms with E-state index in [0.717, 1.165) is 5.06 Å². The number of carbonyl (C=O) groups is 2. The van der Waals surface area contributed by atoms with Crippen LogP contribution in [0.3, 0.4) is 0 Å². The van der Waals surface area contributed by atoms with E-state index in [4.69, 9.17) is 23.3 Å². The summed E-state index contributed by atoms with van der Waals surface area (Å²) < 4.78 is 21.9. The lowest BCUT2D eigenvalue weighted by molar-refractivity contribution is -0.0366. The van der Waals surface area contributed by atoms with Crippen molar-refractivity contribution in [1.29, 1.82) is 0 Å². The highest BCUT2D eigenvalue weighted by molar-refractivity contribution is 6.05. The van der Waals surface area contributed by atoms with Crippen molar-refractivity contribution in [1.82, 2.24) is 10.1 Å². The summed E-state index contributed by atoms with van der Waals surface area (Å²) in [4.78, 5) is 35.4. The monoisotopic (exact) mass is 510 g/mol. The fourth-order valence-electron chi connectivity index (χ4n) is 3.45. The normalized spacial score (nSPS) is 12.1. The van der Waals surface area contributed by atoms with Crippen molar-refractivity contribution in [3.63, 3.8) is 0 Å². The van der Waals surface area contributed by atoms with Gasteiger partial charge in [0.1, 0.15) is 11.3 Å². The average Bonchev–Trinajstić information content (AvgIpc) is 3.37. The topological polar surface area (TPSA) is 129 Å². The van der Waals surface area contributed by atoms with Crippen LogP contribution in [0.4, 0.5) is 22.0 Å². The molecule has 3 heterocycles. The van der Waals surface area contributed by atoms with Crippen LogP contribution in [0.2, 0.25) is 0 Å². The molecule has 0 unspecified atom stereocenters. The molecule has 37 heavy (non-hydrogen) atoms. The molecule has 0 saturated heterocycles. The molecule has 0 aliphatic heterocycles. The molecule has 11 heteroatoms. The molecule has 0 fully saturated rings. The fourth-order valence-corrected chi connectivity index (χ4v) is 3.45. The van der Waals surface area contributed by atoms with E-state index in [9.17, 15) is 9.59 Å². The maximum atomic E-state index is 13.0. The maximum Gasteiger partial charge on any atom is 0.441 e. The number of nitrogens with one attached hydrogen (secondary N) is 1. The summed E-state index contributed by atoms with van der Waals surface area (Å²) in [6.45, 7) is 12.6. The van der Waals surface area contributed by atoms with Crippen LogP contribution < -0.4 is 10.4 Å². The third kappa shape index (κ3) is 5.83. The van der Waals surface area contributed by atoms with Gasteiger partial charge in [0.05, 0.1) is 23.8 Å². The van der Waals surface area contributed by atoms with Crippen LogP contribution in [0.25, 0.3) is 21.9 Å². The van der Waals surface area contributed by atoms with Crippen molar-refractivity contribution < 1.29 is 32.8 Å². The molecule has 3 aromatic heterocycles. The van der Waals surface area contributed by atoms with Crippen LogP contribution in [-0.4, -0.2) is 40.0 Å². The largest absolute Gasteiger partial charge is 0.460 e. The second-order valence-electron chi connectivity index (χ2n) is 10.2. The molecule has 4 aromatic rings. The van der Waals surface area contributed by atoms with Crippen molar-refractivity contribution in [2.45, 2.75) is 59.7 Å². The predicted molar refractivity (Wildman–Crippen MR) is 137 cm³/mol. The minimum Gasteiger partial charge on any atom is -0.460 e. The second-order valence-corrected chi connectivity index (χ2v) is 10.2. The Hall–Kier alpha value is -4.12. The molecule has 0 saturated carbocycles. The zero-order valence-electron chi connectivity index (χ0n) is 21.9. The third-order valence-electron chi connectivity index (χ3n) is 4.79. The Morgan fingerprint density at radius 1 is 1.03 bits per heavy atom. The zero-order chi connectivity index (χ0) is 27.0. The number of amides is 1. The summed E-state index contributed by atoms with van der Waals surface area (Å²) in [7, 11) is 0. The number of carbonyl (C=O) groups excluding carboxylic acids is 2. The Balaban J connectivity index is 1.71. The van der Waals surface area contributed by atoms with Crippen LogP contribution in [-0.2, 0) is 14.3 Å². The van der Waals surface area contributed by atoms with Crippen molar-refractivity contribution in [2.75, 3.05) is 17.0 Å². The van der Waals surface area contributed by atoms with E-state index in [2.05, 4.69) is 15.5 Å². The van der Waals surface area contributed by atoms with Gasteiger partial charge in [-0.05, 0) is 66.7 Å². The van der Waals surface area contributed by atoms with Gasteiger partial charge in [0.2, 0.25) is 11.6 Å². The number of furan rings is 1. The summed E-state index contributed by atoms with van der Waals surface area (Å²) in [6, 6.07) is 6.89. The van der Waals surface area contributed by atoms with Gasteiger partial charge in [-0.15, -0.1) is 5.06 Å². The number of pyridine rings is 1. The third-order valence-corrected chi connectivity index (χ3v) is 4.79. The Morgan fingerprint density at radius 3 is 2.46 bits per heavy atom. The number of fused-ring (bicyclic) bond motifs is 2. The van der Waals surface area contributed by atoms with Crippen LogP contribution in [0.5, 0.6) is 0 Å². The summed E-state index contributed by atoms with van der Waals surface area (Å²) in [5.74, 6) is -0.424. The average molecular weight is 511 g/mol. The summed E-state index contributed by atoms with van der Waals surface area (Å²) >= 11 is 0. The molecular formula is C26H30N4O7. The van der Waals surface area contributed by atoms with Crippen LogP contribution in [0, 0.1) is 0 Å². The molecule has 0 bridgehead atoms. The highest BCUT2D eigenvalue weighted by Crippen LogP contribution is 2.36. The van der Waals surface area contributed by atoms with Gasteiger partial charge in [0.25, 0.3) is 0 Å². The number of benzene rings is 1. The highest BCUT2D eigenvalue weighted by atomic mass is 16.7. The molecule has 0 aliphatic rings. The van der Waals surface area contributed by atoms with Gasteiger partial charge in [0.15, 0.2) is 11.2 Å². The number of esters is 1. The fraction of sp³-hybridized carbons (Fsp3) is 0.385. The molecule has 1 aromatic carbocycles. The molecule has 1 amide bonds. The molecule has 1 N–H and O–H groups in total. The Morgan fingerprint density at radius 2 is 1.78 bits per heavy atom. The lowest BCUT2D eigenvalue weighted by Gasteiger charge is -2.30. The summed E-state index contributed by atoms with van der Waals surface area (Å²) in [5, 5.41) is 9.48. The summed E-state index contributed by atoms with van der Waals surface area (Å²) in [5.41, 5.74) is 0.362. The van der Waals surface area contributed by atoms with Crippen molar-refractivity contribution in [3.05, 3.63) is 42.4 Å². The molecule has 0 atom stereocenters. The van der Waals surface area contributed by atoms with Gasteiger partial charge in [-0.2, -0.15) is 0 Å². The van der Waals surface area contributed by atoms with Crippen LogP contribution in [0.15, 0.2) is 45.6 Å². The van der Waals surface area contributed by atoms with E-state index in [1.807, 2.05) is 0 Å². The maximum absolute atomic E-state index is 13.0. The Bertz CT molecular complexity index is 1440. The minimum absolute atomic E-state index is 0.0258. The van der Waals surface area contributed by atoms with Crippen molar-refractivity contribution >= 4 is 51.2 Å². The first-order valence-corrected chi connectivity index (χ1v) is 11.8. The first kappa shape index (κ1) is 26.0. The number of anilines is 3. The lowest BCUT2D eigenvalue weighted by Crippen LogP contribution is -2.42. The first-order valence-electron chi connectivity index (χ1n) is 11.8. The molecule has 0 aliphatic carbocycles. The molecule has 196 valence electrons. The molecule has 0 radical (unpaired) electrons. The van der Waals surface area contributed by atoms with Gasteiger partial charge in [-0.1, -0.05) is 5.16 Å². The number of rotatable bonds is 6. The number of nitrogens with zero attached hydrogens (tertiary/aromatic N) is 3. The van der Waals surface area contributed by atoms with Gasteiger partial charge in [0, 0.05) is 23.3 Å². The van der Waals surface area contributed by atoms with E-state index in [1.54, 1.807) is 78.9 Å². The number of hydrogen-bond donors (Lipinski definition) is 1. The van der Waals surface area contributed by atoms with Gasteiger partial charge in [-0.25, -0.2) is 9.59 Å². The molecule has 4 rings (SSSR count). The Kier molecular flexibility index (Phi) is 6.83. The number of hydroxylamine groups is 1. The van der Waals surface area contributed by atoms with Crippen molar-refractivity contribution in [3.8, 4) is 0 Å². The van der Waals surface area contributed by atoms with Crippen LogP contribution in [0.1, 0.15) is 59.0 Å². The summed E-state index contributed by atoms with van der Waals surface area (Å²) in [6.07, 6.45) is 2.40. The first-order chi connectivity index (χ1) is 17.4. The zero-order valence-corrected chi connectivity index (χ0v) is 21.9. The number of aromatic nitrogens is 2. The number of ether oxygens (including phenoxy) is 2. The smallest absolute Gasteiger partial charge is 0.441 e. The van der Waals surface area contributed by atoms with Gasteiger partial charge in [-0.3, -0.25) is 9.82 Å². The second kappa shape index (κ2) is 9.74. The lowest BCUT2D eigenvalue weighted by atomic mass is 10.2. The highest BCUT2D eigenvalue weighted by Gasteiger charge is 2.32. The van der Waals surface area contributed by atoms with E-state index in [0.29, 0.717) is 33.3 Å². The predicted octanol–water partition coefficient (Wildman–Crippen LogP) is 6.36. The minimum atomic E-state index is -0.743. The standard InChI is InChI=1S/C26H30N4O7/c1-8-33-23(31)21-20(16-11-12-27-14-19(16)34-21)28-15-9-10-17-18(13-15)36-29-22(17)30(37-26(5,6)7)24(32)35-25(2,3)4/h9-14,28H,8H2,1-7H3. The van der Waals surface area contributed by atoms with Gasteiger partial charge < -0.3 is 23.7 Å². The van der Waals surface area contributed by atoms with Crippen LogP contribution >= 0.6 is 0 Å².